The van der Waals surface area contributed by atoms with Gasteiger partial charge >= 0.3 is 17.9 Å². The van der Waals surface area contributed by atoms with Crippen LogP contribution in [-0.2, 0) is 28.6 Å². The average Bonchev–Trinajstić information content (AvgIpc) is 3.47. The van der Waals surface area contributed by atoms with Gasteiger partial charge in [0.15, 0.2) is 6.10 Å². The summed E-state index contributed by atoms with van der Waals surface area (Å²) in [6, 6.07) is 0. The van der Waals surface area contributed by atoms with Crippen molar-refractivity contribution in [3.63, 3.8) is 0 Å². The molecule has 0 aliphatic rings. The van der Waals surface area contributed by atoms with Crippen molar-refractivity contribution in [3.05, 3.63) is 0 Å². The summed E-state index contributed by atoms with van der Waals surface area (Å²) in [6.45, 7) is 6.74. The van der Waals surface area contributed by atoms with Crippen molar-refractivity contribution < 1.29 is 28.6 Å². The van der Waals surface area contributed by atoms with E-state index in [1.165, 1.54) is 347 Å². The first-order valence-corrected chi connectivity index (χ1v) is 37.5. The zero-order valence-electron chi connectivity index (χ0n) is 55.6. The van der Waals surface area contributed by atoms with Crippen LogP contribution in [0.5, 0.6) is 0 Å². The van der Waals surface area contributed by atoms with Gasteiger partial charge in [-0.15, -0.1) is 0 Å². The van der Waals surface area contributed by atoms with Gasteiger partial charge in [-0.2, -0.15) is 0 Å². The Balaban J connectivity index is 4.05. The van der Waals surface area contributed by atoms with E-state index in [2.05, 4.69) is 20.8 Å². The molecule has 0 rings (SSSR count). The molecule has 0 radical (unpaired) electrons. The first-order valence-electron chi connectivity index (χ1n) is 37.5. The van der Waals surface area contributed by atoms with E-state index < -0.39 is 6.10 Å². The Bertz CT molecular complexity index is 1220. The van der Waals surface area contributed by atoms with E-state index >= 15 is 0 Å². The quantitative estimate of drug-likeness (QED) is 0.0343. The molecule has 0 heterocycles. The molecule has 0 saturated carbocycles. The summed E-state index contributed by atoms with van der Waals surface area (Å²) >= 11 is 0. The van der Waals surface area contributed by atoms with Crippen LogP contribution >= 0.6 is 0 Å². The van der Waals surface area contributed by atoms with Gasteiger partial charge in [0.1, 0.15) is 13.2 Å². The monoisotopic (exact) mass is 1140 g/mol. The number of hydrogen-bond acceptors (Lipinski definition) is 6. The van der Waals surface area contributed by atoms with Gasteiger partial charge in [-0.3, -0.25) is 14.4 Å². The average molecular weight is 1140 g/mol. The smallest absolute Gasteiger partial charge is 0.306 e. The Kier molecular flexibility index (Phi) is 69.5. The number of rotatable bonds is 71. The summed E-state index contributed by atoms with van der Waals surface area (Å²) in [5.41, 5.74) is 0. The zero-order chi connectivity index (χ0) is 58.5. The fraction of sp³-hybridized carbons (Fsp3) is 0.960. The van der Waals surface area contributed by atoms with Crippen LogP contribution < -0.4 is 0 Å². The molecule has 81 heavy (non-hydrogen) atoms. The molecule has 6 nitrogen and oxygen atoms in total. The van der Waals surface area contributed by atoms with E-state index in [9.17, 15) is 14.4 Å². The number of carbonyl (C=O) groups is 3. The molecule has 0 aliphatic heterocycles. The predicted octanol–water partition coefficient (Wildman–Crippen LogP) is 25.8. The van der Waals surface area contributed by atoms with E-state index in [4.69, 9.17) is 14.2 Å². The normalized spacial score (nSPS) is 11.9. The molecule has 0 spiro atoms. The van der Waals surface area contributed by atoms with Gasteiger partial charge in [0.05, 0.1) is 0 Å². The molecule has 0 amide bonds. The highest BCUT2D eigenvalue weighted by Crippen LogP contribution is 2.20. The summed E-state index contributed by atoms with van der Waals surface area (Å²) in [5, 5.41) is 0. The molecule has 0 aromatic rings. The summed E-state index contributed by atoms with van der Waals surface area (Å²) in [5.74, 6) is -0.821. The van der Waals surface area contributed by atoms with E-state index in [0.29, 0.717) is 19.3 Å². The van der Waals surface area contributed by atoms with Crippen LogP contribution in [0.4, 0.5) is 0 Å². The molecule has 0 N–H and O–H groups in total. The number of hydrogen-bond donors (Lipinski definition) is 0. The maximum Gasteiger partial charge on any atom is 0.306 e. The van der Waals surface area contributed by atoms with E-state index in [1.807, 2.05) is 0 Å². The van der Waals surface area contributed by atoms with Crippen molar-refractivity contribution in [1.29, 1.82) is 0 Å². The lowest BCUT2D eigenvalue weighted by atomic mass is 10.0. The van der Waals surface area contributed by atoms with Crippen molar-refractivity contribution in [2.75, 3.05) is 13.2 Å². The minimum atomic E-state index is -0.763. The molecule has 0 aromatic heterocycles. The topological polar surface area (TPSA) is 78.9 Å². The molecule has 0 aliphatic carbocycles. The molecule has 0 aromatic carbocycles. The van der Waals surface area contributed by atoms with Crippen molar-refractivity contribution in [1.82, 2.24) is 0 Å². The van der Waals surface area contributed by atoms with Gasteiger partial charge in [-0.25, -0.2) is 0 Å². The van der Waals surface area contributed by atoms with Crippen molar-refractivity contribution >= 4 is 17.9 Å². The molecule has 0 bridgehead atoms. The Hall–Kier alpha value is -1.59. The molecule has 0 saturated heterocycles. The molecule has 482 valence electrons. The van der Waals surface area contributed by atoms with Crippen LogP contribution in [0, 0.1) is 0 Å². The maximum atomic E-state index is 12.9. The molecule has 1 atom stereocenters. The minimum Gasteiger partial charge on any atom is -0.462 e. The highest BCUT2D eigenvalue weighted by atomic mass is 16.6. The second-order valence-electron chi connectivity index (χ2n) is 25.9. The zero-order valence-corrected chi connectivity index (χ0v) is 55.6. The standard InChI is InChI=1S/C75H146O6/c1-4-7-10-13-16-19-22-24-26-28-30-32-33-34-35-36-37-38-39-40-41-42-43-45-46-48-50-53-56-59-62-65-68-74(77)80-71-72(70-79-73(76)67-64-61-58-55-52-21-18-15-12-9-6-3)81-75(78)69-66-63-60-57-54-51-49-47-44-31-29-27-25-23-20-17-14-11-8-5-2/h72H,4-71H2,1-3H3. The lowest BCUT2D eigenvalue weighted by molar-refractivity contribution is -0.167. The fourth-order valence-electron chi connectivity index (χ4n) is 12.0. The van der Waals surface area contributed by atoms with Crippen LogP contribution in [0.2, 0.25) is 0 Å². The van der Waals surface area contributed by atoms with Crippen LogP contribution in [0.15, 0.2) is 0 Å². The molecular formula is C75H146O6. The van der Waals surface area contributed by atoms with E-state index in [1.54, 1.807) is 0 Å². The minimum absolute atomic E-state index is 0.0603. The van der Waals surface area contributed by atoms with Crippen LogP contribution in [-0.4, -0.2) is 37.2 Å². The fourth-order valence-corrected chi connectivity index (χ4v) is 12.0. The third-order valence-corrected chi connectivity index (χ3v) is 17.6. The van der Waals surface area contributed by atoms with Crippen molar-refractivity contribution in [3.8, 4) is 0 Å². The summed E-state index contributed by atoms with van der Waals surface area (Å²) in [4.78, 5) is 38.4. The lowest BCUT2D eigenvalue weighted by Crippen LogP contribution is -2.30. The number of esters is 3. The number of unbranched alkanes of at least 4 members (excludes halogenated alkanes) is 60. The molecule has 1 unspecified atom stereocenters. The maximum absolute atomic E-state index is 12.9. The Morgan fingerprint density at radius 2 is 0.333 bits per heavy atom. The van der Waals surface area contributed by atoms with Crippen LogP contribution in [0.25, 0.3) is 0 Å². The summed E-state index contributed by atoms with van der Waals surface area (Å²) in [7, 11) is 0. The Morgan fingerprint density at radius 3 is 0.494 bits per heavy atom. The SMILES string of the molecule is CCCCCCCCCCCCCCCCCCCCCCCCCCCCCCCCCCC(=O)OCC(COC(=O)CCCCCCCCCCCCC)OC(=O)CCCCCCCCCCCCCCCCCCCCCC. The Labute approximate surface area is 508 Å². The third kappa shape index (κ3) is 69.1. The van der Waals surface area contributed by atoms with Gasteiger partial charge < -0.3 is 14.2 Å². The highest BCUT2D eigenvalue weighted by molar-refractivity contribution is 5.71. The van der Waals surface area contributed by atoms with Gasteiger partial charge in [-0.05, 0) is 19.3 Å². The van der Waals surface area contributed by atoms with Gasteiger partial charge in [0, 0.05) is 19.3 Å². The number of ether oxygens (including phenoxy) is 3. The van der Waals surface area contributed by atoms with Gasteiger partial charge in [0.25, 0.3) is 0 Å². The lowest BCUT2D eigenvalue weighted by Gasteiger charge is -2.18. The largest absolute Gasteiger partial charge is 0.462 e. The highest BCUT2D eigenvalue weighted by Gasteiger charge is 2.20. The third-order valence-electron chi connectivity index (χ3n) is 17.6. The molecule has 6 heteroatoms. The van der Waals surface area contributed by atoms with Crippen molar-refractivity contribution in [2.24, 2.45) is 0 Å². The first-order chi connectivity index (χ1) is 40.0. The van der Waals surface area contributed by atoms with E-state index in [-0.39, 0.29) is 31.1 Å². The van der Waals surface area contributed by atoms with Crippen molar-refractivity contribution in [2.45, 2.75) is 451 Å². The second kappa shape index (κ2) is 70.9. The Morgan fingerprint density at radius 1 is 0.198 bits per heavy atom. The summed E-state index contributed by atoms with van der Waals surface area (Å²) in [6.07, 6.45) is 84.5. The van der Waals surface area contributed by atoms with Crippen LogP contribution in [0.1, 0.15) is 445 Å². The first kappa shape index (κ1) is 79.4. The molecule has 0 fully saturated rings. The van der Waals surface area contributed by atoms with Gasteiger partial charge in [0.2, 0.25) is 0 Å². The van der Waals surface area contributed by atoms with Gasteiger partial charge in [-0.1, -0.05) is 406 Å². The number of carbonyl (C=O) groups excluding carboxylic acids is 3. The summed E-state index contributed by atoms with van der Waals surface area (Å²) < 4.78 is 17.0. The molecular weight excluding hydrogens is 997 g/mol. The predicted molar refractivity (Wildman–Crippen MR) is 354 cm³/mol. The van der Waals surface area contributed by atoms with E-state index in [0.717, 1.165) is 57.8 Å². The second-order valence-corrected chi connectivity index (χ2v) is 25.9. The van der Waals surface area contributed by atoms with Crippen LogP contribution in [0.3, 0.4) is 0 Å².